The fraction of sp³-hybridized carbons (Fsp3) is 0.520. The van der Waals surface area contributed by atoms with Gasteiger partial charge in [0.25, 0.3) is 0 Å². The number of hydrogen-bond donors (Lipinski definition) is 8. The summed E-state index contributed by atoms with van der Waals surface area (Å²) < 4.78 is 0. The van der Waals surface area contributed by atoms with Crippen LogP contribution in [0.15, 0.2) is 30.3 Å². The lowest BCUT2D eigenvalue weighted by atomic mass is 10.0. The van der Waals surface area contributed by atoms with Crippen LogP contribution in [0.3, 0.4) is 0 Å². The number of hydrogen-bond acceptors (Lipinski definition) is 8. The third-order valence-corrected chi connectivity index (χ3v) is 5.83. The first-order valence-electron chi connectivity index (χ1n) is 12.4. The number of aliphatic hydroxyl groups is 1. The van der Waals surface area contributed by atoms with Gasteiger partial charge in [0.2, 0.25) is 35.4 Å². The van der Waals surface area contributed by atoms with E-state index in [4.69, 9.17) is 10.8 Å². The third-order valence-electron chi connectivity index (χ3n) is 5.46. The van der Waals surface area contributed by atoms with Crippen LogP contribution in [0, 0.1) is 5.92 Å². The highest BCUT2D eigenvalue weighted by Crippen LogP contribution is 2.08. The lowest BCUT2D eigenvalue weighted by Gasteiger charge is -2.25. The molecular weight excluding hydrogens is 528 g/mol. The summed E-state index contributed by atoms with van der Waals surface area (Å²) in [5, 5.41) is 21.4. The summed E-state index contributed by atoms with van der Waals surface area (Å²) in [6.07, 6.45) is 0.338. The number of thiol groups is 1. The molecule has 1 aromatic rings. The second kappa shape index (κ2) is 17.0. The van der Waals surface area contributed by atoms with Gasteiger partial charge in [-0.15, -0.1) is 0 Å². The van der Waals surface area contributed by atoms with Crippen LogP contribution in [0.1, 0.15) is 32.8 Å². The Hall–Kier alpha value is -3.65. The Morgan fingerprint density at radius 2 is 1.41 bits per heavy atom. The number of carbonyl (C=O) groups is 6. The van der Waals surface area contributed by atoms with Gasteiger partial charge >= 0.3 is 0 Å². The van der Waals surface area contributed by atoms with Gasteiger partial charge in [-0.3, -0.25) is 28.8 Å². The molecule has 0 radical (unpaired) electrons. The number of amides is 6. The lowest BCUT2D eigenvalue weighted by molar-refractivity contribution is -0.134. The molecule has 216 valence electrons. The van der Waals surface area contributed by atoms with Crippen molar-refractivity contribution < 1.29 is 33.9 Å². The van der Waals surface area contributed by atoms with Crippen molar-refractivity contribution in [3.8, 4) is 0 Å². The Bertz CT molecular complexity index is 1010. The van der Waals surface area contributed by atoms with E-state index in [1.807, 2.05) is 13.8 Å². The van der Waals surface area contributed by atoms with Crippen molar-refractivity contribution in [1.29, 1.82) is 0 Å². The number of nitrogens with one attached hydrogen (secondary N) is 5. The summed E-state index contributed by atoms with van der Waals surface area (Å²) in [5.41, 5.74) is 5.82. The number of primary amides is 1. The van der Waals surface area contributed by atoms with E-state index in [1.54, 1.807) is 30.3 Å². The number of aliphatic hydroxyl groups excluding tert-OH is 1. The maximum atomic E-state index is 13.2. The van der Waals surface area contributed by atoms with Crippen LogP contribution in [0.4, 0.5) is 0 Å². The molecule has 1 rings (SSSR count). The SMILES string of the molecule is CC(C)C[C@H](NC(=O)CO)C(=O)N[C@@H](Cc1ccccc1)C(=O)N[C@@H](CS)C(=O)NCC(=O)N[C@@H](C)C(N)=O. The lowest BCUT2D eigenvalue weighted by Crippen LogP contribution is -2.58. The third kappa shape index (κ3) is 12.6. The predicted molar refractivity (Wildman–Crippen MR) is 146 cm³/mol. The van der Waals surface area contributed by atoms with Gasteiger partial charge in [0, 0.05) is 12.2 Å². The van der Waals surface area contributed by atoms with Gasteiger partial charge in [-0.2, -0.15) is 12.6 Å². The van der Waals surface area contributed by atoms with Crippen LogP contribution in [-0.2, 0) is 35.2 Å². The summed E-state index contributed by atoms with van der Waals surface area (Å²) in [4.78, 5) is 73.7. The Kier molecular flexibility index (Phi) is 14.6. The minimum Gasteiger partial charge on any atom is -0.387 e. The predicted octanol–water partition coefficient (Wildman–Crippen LogP) is -2.24. The van der Waals surface area contributed by atoms with E-state index in [2.05, 4.69) is 39.2 Å². The van der Waals surface area contributed by atoms with Crippen LogP contribution >= 0.6 is 12.6 Å². The number of rotatable bonds is 16. The molecule has 1 aromatic carbocycles. The van der Waals surface area contributed by atoms with Crippen LogP contribution in [0.2, 0.25) is 0 Å². The van der Waals surface area contributed by atoms with Gasteiger partial charge in [-0.1, -0.05) is 44.2 Å². The number of nitrogens with two attached hydrogens (primary N) is 1. The first kappa shape index (κ1) is 33.4. The molecule has 0 saturated carbocycles. The van der Waals surface area contributed by atoms with Gasteiger partial charge in [0.05, 0.1) is 6.54 Å². The van der Waals surface area contributed by atoms with Gasteiger partial charge < -0.3 is 37.4 Å². The molecule has 14 heteroatoms. The second-order valence-corrected chi connectivity index (χ2v) is 9.68. The zero-order valence-corrected chi connectivity index (χ0v) is 23.1. The molecular formula is C25H38N6O7S. The summed E-state index contributed by atoms with van der Waals surface area (Å²) in [6, 6.07) is 4.64. The standard InChI is InChI=1S/C25H38N6O7S/c1-14(2)9-17(29-21(34)12-32)24(37)30-18(10-16-7-5-4-6-8-16)25(38)31-19(13-39)23(36)27-11-20(33)28-15(3)22(26)35/h4-8,14-15,17-19,32,39H,9-13H2,1-3H3,(H2,26,35)(H,27,36)(H,28,33)(H,29,34)(H,30,37)(H,31,38)/t15-,17-,18-,19-/m0/s1. The Morgan fingerprint density at radius 3 is 1.95 bits per heavy atom. The first-order chi connectivity index (χ1) is 18.4. The highest BCUT2D eigenvalue weighted by molar-refractivity contribution is 7.80. The molecule has 0 bridgehead atoms. The molecule has 0 spiro atoms. The topological polar surface area (TPSA) is 209 Å². The van der Waals surface area contributed by atoms with E-state index in [1.165, 1.54) is 6.92 Å². The fourth-order valence-electron chi connectivity index (χ4n) is 3.39. The maximum absolute atomic E-state index is 13.2. The monoisotopic (exact) mass is 566 g/mol. The van der Waals surface area contributed by atoms with Crippen LogP contribution in [-0.4, -0.2) is 83.6 Å². The van der Waals surface area contributed by atoms with Crippen molar-refractivity contribution in [2.45, 2.75) is 57.8 Å². The van der Waals surface area contributed by atoms with Crippen LogP contribution in [0.5, 0.6) is 0 Å². The molecule has 0 fully saturated rings. The summed E-state index contributed by atoms with van der Waals surface area (Å²) in [7, 11) is 0. The average Bonchev–Trinajstić information content (AvgIpc) is 2.89. The fourth-order valence-corrected chi connectivity index (χ4v) is 3.65. The first-order valence-corrected chi connectivity index (χ1v) is 13.0. The van der Waals surface area contributed by atoms with Gasteiger partial charge in [-0.25, -0.2) is 0 Å². The molecule has 0 saturated heterocycles. The number of benzene rings is 1. The summed E-state index contributed by atoms with van der Waals surface area (Å²) in [5.74, 6) is -4.27. The van der Waals surface area contributed by atoms with E-state index < -0.39 is 72.8 Å². The van der Waals surface area contributed by atoms with E-state index in [9.17, 15) is 28.8 Å². The Labute approximate surface area is 232 Å². The van der Waals surface area contributed by atoms with Crippen LogP contribution < -0.4 is 32.3 Å². The van der Waals surface area contributed by atoms with E-state index in [0.29, 0.717) is 0 Å². The van der Waals surface area contributed by atoms with E-state index >= 15 is 0 Å². The van der Waals surface area contributed by atoms with Crippen molar-refractivity contribution >= 4 is 48.1 Å². The molecule has 0 unspecified atom stereocenters. The Morgan fingerprint density at radius 1 is 0.821 bits per heavy atom. The van der Waals surface area contributed by atoms with Crippen molar-refractivity contribution in [3.05, 3.63) is 35.9 Å². The zero-order valence-electron chi connectivity index (χ0n) is 22.2. The molecule has 0 aromatic heterocycles. The average molecular weight is 567 g/mol. The van der Waals surface area contributed by atoms with Crippen molar-refractivity contribution in [1.82, 2.24) is 26.6 Å². The molecule has 8 N–H and O–H groups in total. The molecule has 6 amide bonds. The van der Waals surface area contributed by atoms with Crippen molar-refractivity contribution in [2.75, 3.05) is 18.9 Å². The van der Waals surface area contributed by atoms with E-state index in [-0.39, 0.29) is 24.5 Å². The zero-order chi connectivity index (χ0) is 29.5. The molecule has 4 atom stereocenters. The molecule has 0 heterocycles. The normalized spacial score (nSPS) is 13.8. The molecule has 0 aliphatic carbocycles. The van der Waals surface area contributed by atoms with Crippen molar-refractivity contribution in [3.63, 3.8) is 0 Å². The summed E-state index contributed by atoms with van der Waals surface area (Å²) in [6.45, 7) is 3.83. The Balaban J connectivity index is 2.99. The molecule has 0 aliphatic rings. The van der Waals surface area contributed by atoms with Crippen molar-refractivity contribution in [2.24, 2.45) is 11.7 Å². The highest BCUT2D eigenvalue weighted by Gasteiger charge is 2.30. The smallest absolute Gasteiger partial charge is 0.246 e. The minimum absolute atomic E-state index is 0.0153. The van der Waals surface area contributed by atoms with Gasteiger partial charge in [0.15, 0.2) is 0 Å². The van der Waals surface area contributed by atoms with E-state index in [0.717, 1.165) is 5.56 Å². The quantitative estimate of drug-likeness (QED) is 0.103. The largest absolute Gasteiger partial charge is 0.387 e. The maximum Gasteiger partial charge on any atom is 0.246 e. The molecule has 39 heavy (non-hydrogen) atoms. The number of carbonyl (C=O) groups excluding carboxylic acids is 6. The minimum atomic E-state index is -1.15. The highest BCUT2D eigenvalue weighted by atomic mass is 32.1. The second-order valence-electron chi connectivity index (χ2n) is 9.31. The molecule has 0 aliphatic heterocycles. The van der Waals surface area contributed by atoms with Gasteiger partial charge in [-0.05, 0) is 24.8 Å². The molecule has 13 nitrogen and oxygen atoms in total. The summed E-state index contributed by atoms with van der Waals surface area (Å²) >= 11 is 4.12. The van der Waals surface area contributed by atoms with Crippen LogP contribution in [0.25, 0.3) is 0 Å². The van der Waals surface area contributed by atoms with Gasteiger partial charge in [0.1, 0.15) is 30.8 Å².